The molecule has 0 radical (unpaired) electrons. The molecule has 1 saturated heterocycles. The van der Waals surface area contributed by atoms with Crippen molar-refractivity contribution < 1.29 is 23.8 Å². The maximum absolute atomic E-state index is 13.8. The molecule has 0 aliphatic carbocycles. The first kappa shape index (κ1) is 14.7. The Morgan fingerprint density at radius 3 is 2.75 bits per heavy atom. The SMILES string of the molecule is COc1ccc(CN2CC(C)(OCC(=O)O)C2)c(F)c1. The molecule has 6 heteroatoms. The molecule has 0 aromatic heterocycles. The summed E-state index contributed by atoms with van der Waals surface area (Å²) < 4.78 is 24.0. The van der Waals surface area contributed by atoms with Crippen molar-refractivity contribution in [2.24, 2.45) is 0 Å². The second kappa shape index (κ2) is 5.76. The Morgan fingerprint density at radius 2 is 2.20 bits per heavy atom. The molecule has 0 amide bonds. The van der Waals surface area contributed by atoms with E-state index < -0.39 is 11.6 Å². The molecule has 1 aliphatic heterocycles. The van der Waals surface area contributed by atoms with Crippen LogP contribution in [0.4, 0.5) is 4.39 Å². The molecule has 0 atom stereocenters. The van der Waals surface area contributed by atoms with Crippen LogP contribution in [-0.2, 0) is 16.1 Å². The van der Waals surface area contributed by atoms with Gasteiger partial charge in [0.05, 0.1) is 12.7 Å². The normalized spacial score (nSPS) is 17.6. The van der Waals surface area contributed by atoms with E-state index in [0.717, 1.165) is 0 Å². The lowest BCUT2D eigenvalue weighted by Gasteiger charge is -2.47. The van der Waals surface area contributed by atoms with E-state index in [0.29, 0.717) is 30.9 Å². The third-order valence-electron chi connectivity index (χ3n) is 3.31. The van der Waals surface area contributed by atoms with Gasteiger partial charge in [-0.15, -0.1) is 0 Å². The quantitative estimate of drug-likeness (QED) is 0.857. The van der Waals surface area contributed by atoms with E-state index in [2.05, 4.69) is 0 Å². The molecule has 0 saturated carbocycles. The van der Waals surface area contributed by atoms with Gasteiger partial charge in [-0.05, 0) is 13.0 Å². The Hall–Kier alpha value is -1.66. The third-order valence-corrected chi connectivity index (χ3v) is 3.31. The van der Waals surface area contributed by atoms with Gasteiger partial charge in [-0.1, -0.05) is 6.07 Å². The molecule has 1 aliphatic rings. The first-order valence-electron chi connectivity index (χ1n) is 6.32. The summed E-state index contributed by atoms with van der Waals surface area (Å²) >= 11 is 0. The second-order valence-electron chi connectivity index (χ2n) is 5.23. The third kappa shape index (κ3) is 3.46. The number of likely N-dealkylation sites (tertiary alicyclic amines) is 1. The zero-order valence-electron chi connectivity index (χ0n) is 11.6. The maximum Gasteiger partial charge on any atom is 0.329 e. The highest BCUT2D eigenvalue weighted by molar-refractivity contribution is 5.68. The van der Waals surface area contributed by atoms with Crippen molar-refractivity contribution in [3.8, 4) is 5.75 Å². The van der Waals surface area contributed by atoms with E-state index in [1.165, 1.54) is 13.2 Å². The maximum atomic E-state index is 13.8. The van der Waals surface area contributed by atoms with Crippen LogP contribution in [0.3, 0.4) is 0 Å². The van der Waals surface area contributed by atoms with Gasteiger partial charge in [-0.3, -0.25) is 4.90 Å². The predicted molar refractivity (Wildman–Crippen MR) is 70.2 cm³/mol. The molecular formula is C14H18FNO4. The number of nitrogens with zero attached hydrogens (tertiary/aromatic N) is 1. The van der Waals surface area contributed by atoms with E-state index >= 15 is 0 Å². The summed E-state index contributed by atoms with van der Waals surface area (Å²) in [6, 6.07) is 4.77. The average molecular weight is 283 g/mol. The smallest absolute Gasteiger partial charge is 0.329 e. The number of ether oxygens (including phenoxy) is 2. The Morgan fingerprint density at radius 1 is 1.50 bits per heavy atom. The van der Waals surface area contributed by atoms with Gasteiger partial charge in [0, 0.05) is 31.3 Å². The fraction of sp³-hybridized carbons (Fsp3) is 0.500. The van der Waals surface area contributed by atoms with Crippen molar-refractivity contribution >= 4 is 5.97 Å². The topological polar surface area (TPSA) is 59.0 Å². The fourth-order valence-electron chi connectivity index (χ4n) is 2.36. The van der Waals surface area contributed by atoms with Crippen LogP contribution in [-0.4, -0.2) is 48.4 Å². The molecule has 1 aromatic carbocycles. The van der Waals surface area contributed by atoms with E-state index in [1.807, 2.05) is 11.8 Å². The van der Waals surface area contributed by atoms with E-state index in [9.17, 15) is 9.18 Å². The van der Waals surface area contributed by atoms with Crippen molar-refractivity contribution in [2.45, 2.75) is 19.1 Å². The van der Waals surface area contributed by atoms with E-state index in [1.54, 1.807) is 12.1 Å². The first-order valence-corrected chi connectivity index (χ1v) is 6.32. The first-order chi connectivity index (χ1) is 9.42. The highest BCUT2D eigenvalue weighted by atomic mass is 19.1. The number of aliphatic carboxylic acids is 1. The van der Waals surface area contributed by atoms with Crippen LogP contribution in [0.1, 0.15) is 12.5 Å². The summed E-state index contributed by atoms with van der Waals surface area (Å²) in [6.07, 6.45) is 0. The lowest BCUT2D eigenvalue weighted by Crippen LogP contribution is -2.61. The summed E-state index contributed by atoms with van der Waals surface area (Å²) in [7, 11) is 1.50. The Labute approximate surface area is 116 Å². The summed E-state index contributed by atoms with van der Waals surface area (Å²) in [5, 5.41) is 8.58. The van der Waals surface area contributed by atoms with Crippen LogP contribution in [0, 0.1) is 5.82 Å². The number of rotatable bonds is 6. The average Bonchev–Trinajstić information content (AvgIpc) is 2.36. The number of hydrogen-bond donors (Lipinski definition) is 1. The van der Waals surface area contributed by atoms with Gasteiger partial charge in [-0.2, -0.15) is 0 Å². The minimum Gasteiger partial charge on any atom is -0.497 e. The molecule has 20 heavy (non-hydrogen) atoms. The van der Waals surface area contributed by atoms with E-state index in [4.69, 9.17) is 14.6 Å². The van der Waals surface area contributed by atoms with Gasteiger partial charge in [0.1, 0.15) is 18.2 Å². The van der Waals surface area contributed by atoms with Gasteiger partial charge in [-0.25, -0.2) is 9.18 Å². The van der Waals surface area contributed by atoms with Crippen LogP contribution in [0.15, 0.2) is 18.2 Å². The lowest BCUT2D eigenvalue weighted by atomic mass is 9.95. The van der Waals surface area contributed by atoms with Crippen LogP contribution >= 0.6 is 0 Å². The van der Waals surface area contributed by atoms with Crippen molar-refractivity contribution in [2.75, 3.05) is 26.8 Å². The molecule has 2 rings (SSSR count). The largest absolute Gasteiger partial charge is 0.497 e. The Kier molecular flexibility index (Phi) is 4.25. The summed E-state index contributed by atoms with van der Waals surface area (Å²) in [4.78, 5) is 12.5. The van der Waals surface area contributed by atoms with Crippen molar-refractivity contribution in [1.29, 1.82) is 0 Å². The highest BCUT2D eigenvalue weighted by Crippen LogP contribution is 2.27. The number of carboxylic acids is 1. The molecule has 0 bridgehead atoms. The highest BCUT2D eigenvalue weighted by Gasteiger charge is 2.40. The minimum atomic E-state index is -0.981. The number of carboxylic acid groups (broad SMARTS) is 1. The van der Waals surface area contributed by atoms with Gasteiger partial charge in [0.15, 0.2) is 0 Å². The predicted octanol–water partition coefficient (Wildman–Crippen LogP) is 1.51. The van der Waals surface area contributed by atoms with Gasteiger partial charge in [0.2, 0.25) is 0 Å². The zero-order chi connectivity index (χ0) is 14.8. The zero-order valence-corrected chi connectivity index (χ0v) is 11.6. The van der Waals surface area contributed by atoms with Gasteiger partial charge >= 0.3 is 5.97 Å². The van der Waals surface area contributed by atoms with Crippen LogP contribution in [0.25, 0.3) is 0 Å². The number of halogens is 1. The number of carbonyl (C=O) groups is 1. The van der Waals surface area contributed by atoms with Crippen molar-refractivity contribution in [1.82, 2.24) is 4.90 Å². The number of benzene rings is 1. The minimum absolute atomic E-state index is 0.301. The molecule has 1 fully saturated rings. The number of hydrogen-bond acceptors (Lipinski definition) is 4. The van der Waals surface area contributed by atoms with Crippen molar-refractivity contribution in [3.63, 3.8) is 0 Å². The van der Waals surface area contributed by atoms with Gasteiger partial charge in [0.25, 0.3) is 0 Å². The second-order valence-corrected chi connectivity index (χ2v) is 5.23. The van der Waals surface area contributed by atoms with Crippen molar-refractivity contribution in [3.05, 3.63) is 29.6 Å². The van der Waals surface area contributed by atoms with E-state index in [-0.39, 0.29) is 12.4 Å². The summed E-state index contributed by atoms with van der Waals surface area (Å²) in [6.45, 7) is 3.21. The van der Waals surface area contributed by atoms with Crippen LogP contribution in [0.5, 0.6) is 5.75 Å². The standard InChI is InChI=1S/C14H18FNO4/c1-14(20-7-13(17)18)8-16(9-14)6-10-3-4-11(19-2)5-12(10)15/h3-5H,6-9H2,1-2H3,(H,17,18). The van der Waals surface area contributed by atoms with Crippen LogP contribution < -0.4 is 4.74 Å². The molecule has 1 N–H and O–H groups in total. The molecule has 110 valence electrons. The van der Waals surface area contributed by atoms with Gasteiger partial charge < -0.3 is 14.6 Å². The molecule has 5 nitrogen and oxygen atoms in total. The summed E-state index contributed by atoms with van der Waals surface area (Å²) in [5.74, 6) is -0.792. The Balaban J connectivity index is 1.86. The number of methoxy groups -OCH3 is 1. The molecule has 0 spiro atoms. The molecule has 1 aromatic rings. The molecule has 0 unspecified atom stereocenters. The fourth-order valence-corrected chi connectivity index (χ4v) is 2.36. The molecular weight excluding hydrogens is 265 g/mol. The monoisotopic (exact) mass is 283 g/mol. The Bertz CT molecular complexity index is 500. The summed E-state index contributed by atoms with van der Waals surface area (Å²) in [5.41, 5.74) is 0.132. The molecule has 1 heterocycles. The lowest BCUT2D eigenvalue weighted by molar-refractivity contribution is -0.165. The van der Waals surface area contributed by atoms with Crippen LogP contribution in [0.2, 0.25) is 0 Å².